The number of hydrogen-bond donors (Lipinski definition) is 2. The zero-order valence-electron chi connectivity index (χ0n) is 13.8. The van der Waals surface area contributed by atoms with E-state index >= 15 is 0 Å². The van der Waals surface area contributed by atoms with E-state index in [1.807, 2.05) is 24.3 Å². The molecule has 25 heavy (non-hydrogen) atoms. The largest absolute Gasteiger partial charge is 0.497 e. The Bertz CT molecular complexity index is 740. The van der Waals surface area contributed by atoms with Crippen LogP contribution < -0.4 is 15.4 Å². The van der Waals surface area contributed by atoms with Gasteiger partial charge in [-0.1, -0.05) is 28.1 Å². The quantitative estimate of drug-likeness (QED) is 0.552. The number of rotatable bonds is 7. The molecule has 0 saturated carbocycles. The molecule has 0 saturated heterocycles. The fraction of sp³-hybridized carbons (Fsp3) is 0.158. The van der Waals surface area contributed by atoms with Crippen molar-refractivity contribution in [3.05, 3.63) is 70.2 Å². The number of benzene rings is 2. The van der Waals surface area contributed by atoms with E-state index < -0.39 is 0 Å². The van der Waals surface area contributed by atoms with Crippen LogP contribution in [0.1, 0.15) is 15.9 Å². The molecule has 0 aliphatic rings. The highest BCUT2D eigenvalue weighted by Gasteiger charge is 2.04. The average molecular weight is 403 g/mol. The second-order valence-corrected chi connectivity index (χ2v) is 6.08. The first-order valence-electron chi connectivity index (χ1n) is 7.72. The third-order valence-electron chi connectivity index (χ3n) is 3.36. The van der Waals surface area contributed by atoms with Gasteiger partial charge in [0, 0.05) is 29.2 Å². The number of carbonyl (C=O) groups excluding carboxylic acids is 2. The Kier molecular flexibility index (Phi) is 7.22. The number of methoxy groups -OCH3 is 1. The summed E-state index contributed by atoms with van der Waals surface area (Å²) in [5.74, 6) is 0.297. The van der Waals surface area contributed by atoms with Crippen molar-refractivity contribution in [2.45, 2.75) is 0 Å². The summed E-state index contributed by atoms with van der Waals surface area (Å²) in [7, 11) is 1.57. The molecule has 130 valence electrons. The Labute approximate surface area is 155 Å². The Morgan fingerprint density at radius 3 is 2.28 bits per heavy atom. The average Bonchev–Trinajstić information content (AvgIpc) is 2.64. The van der Waals surface area contributed by atoms with Gasteiger partial charge in [-0.3, -0.25) is 9.59 Å². The van der Waals surface area contributed by atoms with Crippen LogP contribution in [0.15, 0.2) is 59.1 Å². The standard InChI is InChI=1S/C19H19BrN2O3/c1-25-17-9-5-15(6-10-17)19(24)22-13-12-21-18(23)11-4-14-2-7-16(20)8-3-14/h2-11H,12-13H2,1H3,(H,21,23)(H,22,24). The molecule has 0 unspecified atom stereocenters. The normalized spacial score (nSPS) is 10.5. The molecule has 0 radical (unpaired) electrons. The maximum atomic E-state index is 11.9. The predicted molar refractivity (Wildman–Crippen MR) is 102 cm³/mol. The number of hydrogen-bond acceptors (Lipinski definition) is 3. The minimum Gasteiger partial charge on any atom is -0.497 e. The predicted octanol–water partition coefficient (Wildman–Crippen LogP) is 3.02. The molecule has 0 bridgehead atoms. The fourth-order valence-corrected chi connectivity index (χ4v) is 2.28. The van der Waals surface area contributed by atoms with Crippen molar-refractivity contribution in [1.29, 1.82) is 0 Å². The Morgan fingerprint density at radius 2 is 1.64 bits per heavy atom. The lowest BCUT2D eigenvalue weighted by molar-refractivity contribution is -0.116. The van der Waals surface area contributed by atoms with E-state index in [-0.39, 0.29) is 11.8 Å². The van der Waals surface area contributed by atoms with Gasteiger partial charge >= 0.3 is 0 Å². The van der Waals surface area contributed by atoms with Gasteiger partial charge in [0.2, 0.25) is 5.91 Å². The van der Waals surface area contributed by atoms with Gasteiger partial charge in [0.15, 0.2) is 0 Å². The Hall–Kier alpha value is -2.60. The van der Waals surface area contributed by atoms with Crippen molar-refractivity contribution in [1.82, 2.24) is 10.6 Å². The molecule has 0 fully saturated rings. The van der Waals surface area contributed by atoms with Crippen LogP contribution in [0.2, 0.25) is 0 Å². The van der Waals surface area contributed by atoms with Crippen LogP contribution in [0.25, 0.3) is 6.08 Å². The highest BCUT2D eigenvalue weighted by molar-refractivity contribution is 9.10. The molecule has 0 aliphatic heterocycles. The summed E-state index contributed by atoms with van der Waals surface area (Å²) in [6.07, 6.45) is 3.20. The van der Waals surface area contributed by atoms with Gasteiger partial charge < -0.3 is 15.4 Å². The van der Waals surface area contributed by atoms with Crippen molar-refractivity contribution in [3.8, 4) is 5.75 Å². The number of ether oxygens (including phenoxy) is 1. The van der Waals surface area contributed by atoms with Crippen molar-refractivity contribution in [2.75, 3.05) is 20.2 Å². The second kappa shape index (κ2) is 9.64. The molecule has 0 aliphatic carbocycles. The molecule has 0 atom stereocenters. The first kappa shape index (κ1) is 18.7. The molecular weight excluding hydrogens is 384 g/mol. The molecule has 2 aromatic rings. The van der Waals surface area contributed by atoms with Crippen LogP contribution in [0.5, 0.6) is 5.75 Å². The first-order valence-corrected chi connectivity index (χ1v) is 8.51. The summed E-state index contributed by atoms with van der Waals surface area (Å²) in [6, 6.07) is 14.5. The van der Waals surface area contributed by atoms with E-state index in [0.717, 1.165) is 10.0 Å². The molecule has 2 aromatic carbocycles. The lowest BCUT2D eigenvalue weighted by atomic mass is 10.2. The van der Waals surface area contributed by atoms with Gasteiger partial charge in [0.1, 0.15) is 5.75 Å². The number of halogens is 1. The molecule has 2 N–H and O–H groups in total. The number of nitrogens with one attached hydrogen (secondary N) is 2. The van der Waals surface area contributed by atoms with Gasteiger partial charge in [-0.15, -0.1) is 0 Å². The Balaban J connectivity index is 1.70. The van der Waals surface area contributed by atoms with E-state index in [2.05, 4.69) is 26.6 Å². The van der Waals surface area contributed by atoms with Crippen LogP contribution in [0.3, 0.4) is 0 Å². The SMILES string of the molecule is COc1ccc(C(=O)NCCNC(=O)C=Cc2ccc(Br)cc2)cc1. The lowest BCUT2D eigenvalue weighted by Gasteiger charge is -2.06. The molecule has 5 nitrogen and oxygen atoms in total. The first-order chi connectivity index (χ1) is 12.1. The van der Waals surface area contributed by atoms with Crippen LogP contribution in [-0.4, -0.2) is 32.0 Å². The number of carbonyl (C=O) groups is 2. The zero-order valence-corrected chi connectivity index (χ0v) is 15.4. The zero-order chi connectivity index (χ0) is 18.1. The van der Waals surface area contributed by atoms with Gasteiger partial charge in [0.25, 0.3) is 5.91 Å². The summed E-state index contributed by atoms with van der Waals surface area (Å²) in [6.45, 7) is 0.703. The summed E-state index contributed by atoms with van der Waals surface area (Å²) in [5, 5.41) is 5.47. The van der Waals surface area contributed by atoms with Crippen molar-refractivity contribution < 1.29 is 14.3 Å². The van der Waals surface area contributed by atoms with Gasteiger partial charge in [-0.2, -0.15) is 0 Å². The summed E-state index contributed by atoms with van der Waals surface area (Å²) < 4.78 is 6.03. The van der Waals surface area contributed by atoms with Gasteiger partial charge in [0.05, 0.1) is 7.11 Å². The van der Waals surface area contributed by atoms with Gasteiger partial charge in [-0.05, 0) is 48.0 Å². The topological polar surface area (TPSA) is 67.4 Å². The lowest BCUT2D eigenvalue weighted by Crippen LogP contribution is -2.33. The molecule has 2 amide bonds. The molecular formula is C19H19BrN2O3. The van der Waals surface area contributed by atoms with E-state index in [0.29, 0.717) is 24.4 Å². The monoisotopic (exact) mass is 402 g/mol. The molecule has 0 spiro atoms. The highest BCUT2D eigenvalue weighted by atomic mass is 79.9. The second-order valence-electron chi connectivity index (χ2n) is 5.16. The third kappa shape index (κ3) is 6.43. The van der Waals surface area contributed by atoms with Gasteiger partial charge in [-0.25, -0.2) is 0 Å². The van der Waals surface area contributed by atoms with Crippen LogP contribution in [-0.2, 0) is 4.79 Å². The maximum absolute atomic E-state index is 11.9. The summed E-state index contributed by atoms with van der Waals surface area (Å²) in [4.78, 5) is 23.7. The van der Waals surface area contributed by atoms with Crippen LogP contribution >= 0.6 is 15.9 Å². The van der Waals surface area contributed by atoms with E-state index in [4.69, 9.17) is 4.74 Å². The van der Waals surface area contributed by atoms with E-state index in [1.54, 1.807) is 37.5 Å². The van der Waals surface area contributed by atoms with Crippen LogP contribution in [0.4, 0.5) is 0 Å². The van der Waals surface area contributed by atoms with Crippen molar-refractivity contribution in [3.63, 3.8) is 0 Å². The van der Waals surface area contributed by atoms with E-state index in [9.17, 15) is 9.59 Å². The van der Waals surface area contributed by atoms with E-state index in [1.165, 1.54) is 6.08 Å². The maximum Gasteiger partial charge on any atom is 0.251 e. The molecule has 0 aromatic heterocycles. The third-order valence-corrected chi connectivity index (χ3v) is 3.89. The molecule has 2 rings (SSSR count). The molecule has 6 heteroatoms. The minimum atomic E-state index is -0.207. The van der Waals surface area contributed by atoms with Crippen molar-refractivity contribution >= 4 is 33.8 Å². The fourth-order valence-electron chi connectivity index (χ4n) is 2.01. The summed E-state index contributed by atoms with van der Waals surface area (Å²) in [5.41, 5.74) is 1.48. The minimum absolute atomic E-state index is 0.192. The van der Waals surface area contributed by atoms with Crippen LogP contribution in [0, 0.1) is 0 Å². The van der Waals surface area contributed by atoms with Crippen molar-refractivity contribution in [2.24, 2.45) is 0 Å². The molecule has 0 heterocycles. The summed E-state index contributed by atoms with van der Waals surface area (Å²) >= 11 is 3.36. The highest BCUT2D eigenvalue weighted by Crippen LogP contribution is 2.12. The Morgan fingerprint density at radius 1 is 1.00 bits per heavy atom. The number of amides is 2. The smallest absolute Gasteiger partial charge is 0.251 e.